The standard InChI is InChI=1S/C17H15ClN2O/c1-19-14-6-8-15(9-7-14)21-11-13-10-12-4-2-3-5-16(12)20-17(13)18/h2-10,19H,11H2,1H3. The maximum Gasteiger partial charge on any atom is 0.136 e. The van der Waals surface area contributed by atoms with Crippen LogP contribution in [0.4, 0.5) is 5.69 Å². The molecule has 0 amide bonds. The number of hydrogen-bond donors (Lipinski definition) is 1. The molecule has 0 unspecified atom stereocenters. The summed E-state index contributed by atoms with van der Waals surface area (Å²) in [5.74, 6) is 0.804. The lowest BCUT2D eigenvalue weighted by Crippen LogP contribution is -1.98. The number of ether oxygens (including phenoxy) is 1. The van der Waals surface area contributed by atoms with E-state index in [9.17, 15) is 0 Å². The fourth-order valence-electron chi connectivity index (χ4n) is 2.12. The summed E-state index contributed by atoms with van der Waals surface area (Å²) in [7, 11) is 1.89. The van der Waals surface area contributed by atoms with Crippen molar-refractivity contribution in [1.29, 1.82) is 0 Å². The van der Waals surface area contributed by atoms with E-state index in [0.717, 1.165) is 27.9 Å². The number of aromatic nitrogens is 1. The third-order valence-corrected chi connectivity index (χ3v) is 3.61. The van der Waals surface area contributed by atoms with Gasteiger partial charge in [0.15, 0.2) is 0 Å². The first kappa shape index (κ1) is 13.7. The van der Waals surface area contributed by atoms with Gasteiger partial charge in [0.1, 0.15) is 17.5 Å². The summed E-state index contributed by atoms with van der Waals surface area (Å²) in [5, 5.41) is 4.62. The van der Waals surface area contributed by atoms with Gasteiger partial charge in [0, 0.05) is 23.7 Å². The summed E-state index contributed by atoms with van der Waals surface area (Å²) in [6.07, 6.45) is 0. The summed E-state index contributed by atoms with van der Waals surface area (Å²) in [4.78, 5) is 4.39. The Labute approximate surface area is 128 Å². The molecule has 0 bridgehead atoms. The Morgan fingerprint density at radius 2 is 1.86 bits per heavy atom. The highest BCUT2D eigenvalue weighted by atomic mass is 35.5. The Kier molecular flexibility index (Phi) is 3.93. The van der Waals surface area contributed by atoms with E-state index in [1.54, 1.807) is 0 Å². The molecule has 4 heteroatoms. The maximum absolute atomic E-state index is 6.22. The van der Waals surface area contributed by atoms with Crippen LogP contribution >= 0.6 is 11.6 Å². The molecule has 106 valence electrons. The van der Waals surface area contributed by atoms with Crippen LogP contribution in [-0.2, 0) is 6.61 Å². The normalized spacial score (nSPS) is 10.6. The van der Waals surface area contributed by atoms with Gasteiger partial charge in [0.25, 0.3) is 0 Å². The minimum Gasteiger partial charge on any atom is -0.489 e. The predicted molar refractivity (Wildman–Crippen MR) is 87.1 cm³/mol. The van der Waals surface area contributed by atoms with E-state index in [1.807, 2.05) is 61.6 Å². The summed E-state index contributed by atoms with van der Waals surface area (Å²) < 4.78 is 5.77. The molecule has 0 aliphatic carbocycles. The van der Waals surface area contributed by atoms with Crippen molar-refractivity contribution in [2.45, 2.75) is 6.61 Å². The number of anilines is 1. The van der Waals surface area contributed by atoms with Gasteiger partial charge in [-0.3, -0.25) is 0 Å². The third kappa shape index (κ3) is 3.09. The Balaban J connectivity index is 1.79. The zero-order valence-corrected chi connectivity index (χ0v) is 12.4. The number of fused-ring (bicyclic) bond motifs is 1. The average molecular weight is 299 g/mol. The molecule has 0 fully saturated rings. The molecule has 1 N–H and O–H groups in total. The summed E-state index contributed by atoms with van der Waals surface area (Å²) in [5.41, 5.74) is 2.82. The first-order valence-corrected chi connectivity index (χ1v) is 7.09. The molecule has 0 saturated carbocycles. The number of benzene rings is 2. The number of para-hydroxylation sites is 1. The quantitative estimate of drug-likeness (QED) is 0.720. The minimum absolute atomic E-state index is 0.398. The lowest BCUT2D eigenvalue weighted by Gasteiger charge is -2.09. The largest absolute Gasteiger partial charge is 0.489 e. The Morgan fingerprint density at radius 1 is 1.10 bits per heavy atom. The van der Waals surface area contributed by atoms with Crippen LogP contribution in [-0.4, -0.2) is 12.0 Å². The molecule has 3 aromatic rings. The SMILES string of the molecule is CNc1ccc(OCc2cc3ccccc3nc2Cl)cc1. The van der Waals surface area contributed by atoms with Gasteiger partial charge in [0.2, 0.25) is 0 Å². The van der Waals surface area contributed by atoms with Crippen LogP contribution < -0.4 is 10.1 Å². The zero-order chi connectivity index (χ0) is 14.7. The number of hydrogen-bond acceptors (Lipinski definition) is 3. The number of halogens is 1. The highest BCUT2D eigenvalue weighted by Gasteiger charge is 2.05. The van der Waals surface area contributed by atoms with Crippen molar-refractivity contribution >= 4 is 28.2 Å². The smallest absolute Gasteiger partial charge is 0.136 e. The van der Waals surface area contributed by atoms with Gasteiger partial charge in [-0.1, -0.05) is 29.8 Å². The van der Waals surface area contributed by atoms with Crippen LogP contribution in [0.25, 0.3) is 10.9 Å². The number of pyridine rings is 1. The molecule has 1 heterocycles. The van der Waals surface area contributed by atoms with Gasteiger partial charge in [-0.25, -0.2) is 4.98 Å². The number of rotatable bonds is 4. The fraction of sp³-hybridized carbons (Fsp3) is 0.118. The minimum atomic E-state index is 0.398. The average Bonchev–Trinajstić information content (AvgIpc) is 2.53. The summed E-state index contributed by atoms with van der Waals surface area (Å²) in [6.45, 7) is 0.398. The first-order valence-electron chi connectivity index (χ1n) is 6.71. The molecule has 0 radical (unpaired) electrons. The molecule has 0 atom stereocenters. The number of nitrogens with one attached hydrogen (secondary N) is 1. The van der Waals surface area contributed by atoms with E-state index in [1.165, 1.54) is 0 Å². The van der Waals surface area contributed by atoms with Crippen LogP contribution in [0.1, 0.15) is 5.56 Å². The lowest BCUT2D eigenvalue weighted by molar-refractivity contribution is 0.306. The molecule has 0 aliphatic rings. The van der Waals surface area contributed by atoms with Crippen molar-refractivity contribution in [2.75, 3.05) is 12.4 Å². The Hall–Kier alpha value is -2.26. The first-order chi connectivity index (χ1) is 10.3. The highest BCUT2D eigenvalue weighted by molar-refractivity contribution is 6.30. The van der Waals surface area contributed by atoms with E-state index in [0.29, 0.717) is 11.8 Å². The van der Waals surface area contributed by atoms with Gasteiger partial charge >= 0.3 is 0 Å². The molecule has 1 aromatic heterocycles. The fourth-order valence-corrected chi connectivity index (χ4v) is 2.32. The summed E-state index contributed by atoms with van der Waals surface area (Å²) in [6, 6.07) is 17.7. The number of nitrogens with zero attached hydrogens (tertiary/aromatic N) is 1. The van der Waals surface area contributed by atoms with Gasteiger partial charge in [-0.2, -0.15) is 0 Å². The van der Waals surface area contributed by atoms with Crippen LogP contribution in [0.15, 0.2) is 54.6 Å². The van der Waals surface area contributed by atoms with Crippen LogP contribution in [0.5, 0.6) is 5.75 Å². The highest BCUT2D eigenvalue weighted by Crippen LogP contribution is 2.22. The maximum atomic E-state index is 6.22. The van der Waals surface area contributed by atoms with Gasteiger partial charge in [0.05, 0.1) is 5.52 Å². The predicted octanol–water partition coefficient (Wildman–Crippen LogP) is 4.51. The van der Waals surface area contributed by atoms with Crippen molar-refractivity contribution in [3.63, 3.8) is 0 Å². The molecule has 21 heavy (non-hydrogen) atoms. The molecular weight excluding hydrogens is 284 g/mol. The third-order valence-electron chi connectivity index (χ3n) is 3.29. The molecule has 0 spiro atoms. The second-order valence-electron chi connectivity index (χ2n) is 4.69. The van der Waals surface area contributed by atoms with Crippen molar-refractivity contribution in [3.8, 4) is 5.75 Å². The second-order valence-corrected chi connectivity index (χ2v) is 5.05. The summed E-state index contributed by atoms with van der Waals surface area (Å²) >= 11 is 6.22. The van der Waals surface area contributed by atoms with E-state index in [-0.39, 0.29) is 0 Å². The molecule has 3 rings (SSSR count). The van der Waals surface area contributed by atoms with Crippen molar-refractivity contribution in [1.82, 2.24) is 4.98 Å². The molecule has 0 saturated heterocycles. The zero-order valence-electron chi connectivity index (χ0n) is 11.6. The van der Waals surface area contributed by atoms with E-state index in [4.69, 9.17) is 16.3 Å². The van der Waals surface area contributed by atoms with E-state index >= 15 is 0 Å². The van der Waals surface area contributed by atoms with Crippen molar-refractivity contribution in [3.05, 3.63) is 65.3 Å². The van der Waals surface area contributed by atoms with Gasteiger partial charge in [-0.05, 0) is 36.4 Å². The van der Waals surface area contributed by atoms with Gasteiger partial charge in [-0.15, -0.1) is 0 Å². The van der Waals surface area contributed by atoms with Crippen molar-refractivity contribution < 1.29 is 4.74 Å². The lowest BCUT2D eigenvalue weighted by atomic mass is 10.2. The monoisotopic (exact) mass is 298 g/mol. The van der Waals surface area contributed by atoms with Crippen molar-refractivity contribution in [2.24, 2.45) is 0 Å². The Bertz CT molecular complexity index is 756. The Morgan fingerprint density at radius 3 is 2.62 bits per heavy atom. The molecule has 3 nitrogen and oxygen atoms in total. The second kappa shape index (κ2) is 6.02. The van der Waals surface area contributed by atoms with E-state index < -0.39 is 0 Å². The topological polar surface area (TPSA) is 34.1 Å². The van der Waals surface area contributed by atoms with Crippen LogP contribution in [0, 0.1) is 0 Å². The molecular formula is C17H15ClN2O. The van der Waals surface area contributed by atoms with Gasteiger partial charge < -0.3 is 10.1 Å². The molecule has 2 aromatic carbocycles. The van der Waals surface area contributed by atoms with Crippen LogP contribution in [0.2, 0.25) is 5.15 Å². The van der Waals surface area contributed by atoms with E-state index in [2.05, 4.69) is 10.3 Å². The molecule has 0 aliphatic heterocycles. The van der Waals surface area contributed by atoms with Crippen LogP contribution in [0.3, 0.4) is 0 Å².